The van der Waals surface area contributed by atoms with Crippen molar-refractivity contribution in [3.63, 3.8) is 0 Å². The molecule has 0 aliphatic heterocycles. The molecule has 1 aromatic carbocycles. The van der Waals surface area contributed by atoms with Crippen LogP contribution >= 0.6 is 27.3 Å². The molecule has 0 spiro atoms. The molecule has 0 atom stereocenters. The van der Waals surface area contributed by atoms with Crippen molar-refractivity contribution < 1.29 is 8.42 Å². The maximum absolute atomic E-state index is 12.4. The Kier molecular flexibility index (Phi) is 3.57. The SMILES string of the molecule is O=S(=O)(Cc1ccccc1)c1nc2ncc(Br)cc2s1. The van der Waals surface area contributed by atoms with E-state index in [0.29, 0.717) is 5.65 Å². The minimum Gasteiger partial charge on any atom is -0.235 e. The number of thiazole rings is 1. The van der Waals surface area contributed by atoms with Gasteiger partial charge in [-0.2, -0.15) is 0 Å². The molecule has 20 heavy (non-hydrogen) atoms. The van der Waals surface area contributed by atoms with Crippen molar-refractivity contribution in [2.24, 2.45) is 0 Å². The van der Waals surface area contributed by atoms with Crippen molar-refractivity contribution in [2.75, 3.05) is 0 Å². The van der Waals surface area contributed by atoms with Crippen LogP contribution in [0.25, 0.3) is 10.3 Å². The predicted octanol–water partition coefficient (Wildman–Crippen LogP) is 3.43. The highest BCUT2D eigenvalue weighted by Crippen LogP contribution is 2.28. The zero-order valence-corrected chi connectivity index (χ0v) is 13.4. The fourth-order valence-electron chi connectivity index (χ4n) is 1.76. The van der Waals surface area contributed by atoms with E-state index in [9.17, 15) is 8.42 Å². The van der Waals surface area contributed by atoms with Gasteiger partial charge in [0.05, 0.1) is 10.5 Å². The van der Waals surface area contributed by atoms with Crippen LogP contribution in [0.15, 0.2) is 51.4 Å². The molecule has 0 unspecified atom stereocenters. The molecule has 0 aliphatic carbocycles. The average molecular weight is 369 g/mol. The van der Waals surface area contributed by atoms with Crippen LogP contribution in [0.4, 0.5) is 0 Å². The summed E-state index contributed by atoms with van der Waals surface area (Å²) in [4.78, 5) is 8.23. The molecule has 0 amide bonds. The Balaban J connectivity index is 2.01. The number of pyridine rings is 1. The van der Waals surface area contributed by atoms with Gasteiger partial charge in [0.15, 0.2) is 5.65 Å². The molecule has 0 saturated heterocycles. The second-order valence-corrected chi connectivity index (χ2v) is 8.31. The van der Waals surface area contributed by atoms with E-state index in [2.05, 4.69) is 25.9 Å². The van der Waals surface area contributed by atoms with E-state index < -0.39 is 9.84 Å². The standard InChI is InChI=1S/C13H9BrN2O2S2/c14-10-6-11-12(15-7-10)16-13(19-11)20(17,18)8-9-4-2-1-3-5-9/h1-7H,8H2. The van der Waals surface area contributed by atoms with Crippen molar-refractivity contribution >= 4 is 47.5 Å². The number of halogens is 1. The van der Waals surface area contributed by atoms with Gasteiger partial charge in [-0.15, -0.1) is 11.3 Å². The van der Waals surface area contributed by atoms with Crippen LogP contribution in [0, 0.1) is 0 Å². The lowest BCUT2D eigenvalue weighted by molar-refractivity contribution is 0.594. The van der Waals surface area contributed by atoms with Gasteiger partial charge in [0.25, 0.3) is 0 Å². The highest BCUT2D eigenvalue weighted by Gasteiger charge is 2.20. The normalized spacial score (nSPS) is 11.8. The summed E-state index contributed by atoms with van der Waals surface area (Å²) in [6.07, 6.45) is 1.61. The molecule has 0 fully saturated rings. The molecule has 0 radical (unpaired) electrons. The molecule has 0 saturated carbocycles. The fraction of sp³-hybridized carbons (Fsp3) is 0.0769. The molecule has 0 aliphatic rings. The van der Waals surface area contributed by atoms with Crippen LogP contribution in [0.5, 0.6) is 0 Å². The van der Waals surface area contributed by atoms with E-state index in [0.717, 1.165) is 26.1 Å². The number of rotatable bonds is 3. The van der Waals surface area contributed by atoms with E-state index in [1.54, 1.807) is 18.3 Å². The number of nitrogens with zero attached hydrogens (tertiary/aromatic N) is 2. The summed E-state index contributed by atoms with van der Waals surface area (Å²) in [6, 6.07) is 10.9. The third-order valence-corrected chi connectivity index (χ3v) is 6.23. The maximum Gasteiger partial charge on any atom is 0.212 e. The van der Waals surface area contributed by atoms with E-state index >= 15 is 0 Å². The molecule has 3 aromatic rings. The van der Waals surface area contributed by atoms with Crippen LogP contribution in [-0.2, 0) is 15.6 Å². The summed E-state index contributed by atoms with van der Waals surface area (Å²) in [5, 5.41) is 0. The number of benzene rings is 1. The fourth-order valence-corrected chi connectivity index (χ4v) is 4.88. The van der Waals surface area contributed by atoms with Crippen molar-refractivity contribution in [1.82, 2.24) is 9.97 Å². The summed E-state index contributed by atoms with van der Waals surface area (Å²) in [6.45, 7) is 0. The lowest BCUT2D eigenvalue weighted by atomic mass is 10.2. The van der Waals surface area contributed by atoms with Gasteiger partial charge in [-0.3, -0.25) is 0 Å². The summed E-state index contributed by atoms with van der Waals surface area (Å²) in [7, 11) is -3.44. The number of aromatic nitrogens is 2. The average Bonchev–Trinajstić information content (AvgIpc) is 2.83. The zero-order chi connectivity index (χ0) is 14.2. The molecule has 7 heteroatoms. The van der Waals surface area contributed by atoms with Crippen molar-refractivity contribution in [3.05, 3.63) is 52.6 Å². The minimum absolute atomic E-state index is 0.0468. The van der Waals surface area contributed by atoms with Crippen LogP contribution < -0.4 is 0 Å². The first-order chi connectivity index (χ1) is 9.54. The van der Waals surface area contributed by atoms with Crippen LogP contribution in [0.1, 0.15) is 5.56 Å². The topological polar surface area (TPSA) is 59.9 Å². The molecular formula is C13H9BrN2O2S2. The largest absolute Gasteiger partial charge is 0.235 e. The Hall–Kier alpha value is -1.31. The Morgan fingerprint density at radius 1 is 1.20 bits per heavy atom. The Labute approximate surface area is 128 Å². The second kappa shape index (κ2) is 5.23. The quantitative estimate of drug-likeness (QED) is 0.710. The number of sulfone groups is 1. The van der Waals surface area contributed by atoms with Crippen LogP contribution in [0.3, 0.4) is 0 Å². The van der Waals surface area contributed by atoms with Gasteiger partial charge >= 0.3 is 0 Å². The molecule has 102 valence electrons. The summed E-state index contributed by atoms with van der Waals surface area (Å²) in [5.74, 6) is -0.0468. The maximum atomic E-state index is 12.4. The van der Waals surface area contributed by atoms with Gasteiger partial charge in [-0.1, -0.05) is 30.3 Å². The third-order valence-electron chi connectivity index (χ3n) is 2.66. The van der Waals surface area contributed by atoms with Crippen LogP contribution in [-0.4, -0.2) is 18.4 Å². The first-order valence-electron chi connectivity index (χ1n) is 5.73. The smallest absolute Gasteiger partial charge is 0.212 e. The van der Waals surface area contributed by atoms with Gasteiger partial charge < -0.3 is 0 Å². The lowest BCUT2D eigenvalue weighted by Gasteiger charge is -2.00. The highest BCUT2D eigenvalue weighted by atomic mass is 79.9. The molecule has 4 nitrogen and oxygen atoms in total. The van der Waals surface area contributed by atoms with Crippen molar-refractivity contribution in [1.29, 1.82) is 0 Å². The molecule has 2 aromatic heterocycles. The van der Waals surface area contributed by atoms with Gasteiger partial charge in [0, 0.05) is 10.7 Å². The van der Waals surface area contributed by atoms with Gasteiger partial charge in [-0.25, -0.2) is 18.4 Å². The lowest BCUT2D eigenvalue weighted by Crippen LogP contribution is -2.04. The van der Waals surface area contributed by atoms with E-state index in [1.807, 2.05) is 24.3 Å². The van der Waals surface area contributed by atoms with E-state index in [4.69, 9.17) is 0 Å². The summed E-state index contributed by atoms with van der Waals surface area (Å²) < 4.78 is 26.4. The van der Waals surface area contributed by atoms with Crippen LogP contribution in [0.2, 0.25) is 0 Å². The van der Waals surface area contributed by atoms with E-state index in [-0.39, 0.29) is 10.1 Å². The number of hydrogen-bond acceptors (Lipinski definition) is 5. The predicted molar refractivity (Wildman–Crippen MR) is 82.4 cm³/mol. The summed E-state index contributed by atoms with van der Waals surface area (Å²) >= 11 is 4.46. The molecule has 0 bridgehead atoms. The highest BCUT2D eigenvalue weighted by molar-refractivity contribution is 9.10. The van der Waals surface area contributed by atoms with E-state index in [1.165, 1.54) is 0 Å². The Morgan fingerprint density at radius 3 is 2.70 bits per heavy atom. The second-order valence-electron chi connectivity index (χ2n) is 4.20. The monoisotopic (exact) mass is 368 g/mol. The number of fused-ring (bicyclic) bond motifs is 1. The minimum atomic E-state index is -3.44. The number of hydrogen-bond donors (Lipinski definition) is 0. The Bertz CT molecular complexity index is 860. The zero-order valence-electron chi connectivity index (χ0n) is 10.2. The molecule has 2 heterocycles. The first-order valence-corrected chi connectivity index (χ1v) is 8.99. The summed E-state index contributed by atoms with van der Waals surface area (Å²) in [5.41, 5.74) is 1.21. The molecular weight excluding hydrogens is 360 g/mol. The third kappa shape index (κ3) is 2.74. The molecule has 3 rings (SSSR count). The van der Waals surface area contributed by atoms with Gasteiger partial charge in [0.2, 0.25) is 14.2 Å². The van der Waals surface area contributed by atoms with Crippen molar-refractivity contribution in [2.45, 2.75) is 10.1 Å². The van der Waals surface area contributed by atoms with Gasteiger partial charge in [0.1, 0.15) is 0 Å². The van der Waals surface area contributed by atoms with Crippen molar-refractivity contribution in [3.8, 4) is 0 Å². The van der Waals surface area contributed by atoms with Gasteiger partial charge in [-0.05, 0) is 27.6 Å². The Morgan fingerprint density at radius 2 is 1.95 bits per heavy atom. The molecule has 0 N–H and O–H groups in total. The first kappa shape index (κ1) is 13.7.